The molecule has 7 nitrogen and oxygen atoms in total. The van der Waals surface area contributed by atoms with Crippen molar-refractivity contribution in [3.8, 4) is 11.8 Å². The highest BCUT2D eigenvalue weighted by molar-refractivity contribution is 6.32. The van der Waals surface area contributed by atoms with E-state index < -0.39 is 41.3 Å². The molecule has 0 bridgehead atoms. The van der Waals surface area contributed by atoms with Crippen molar-refractivity contribution < 1.29 is 32.2 Å². The number of nitrogens with zero attached hydrogens (tertiary/aromatic N) is 1. The van der Waals surface area contributed by atoms with Crippen molar-refractivity contribution in [1.82, 2.24) is 10.6 Å². The summed E-state index contributed by atoms with van der Waals surface area (Å²) in [6.07, 6.45) is -4.87. The Kier molecular flexibility index (Phi) is 6.76. The van der Waals surface area contributed by atoms with Gasteiger partial charge in [-0.05, 0) is 51.3 Å². The van der Waals surface area contributed by atoms with Crippen LogP contribution in [0.25, 0.3) is 0 Å². The van der Waals surface area contributed by atoms with Crippen LogP contribution in [0.5, 0.6) is 5.75 Å². The number of halogens is 4. The molecule has 2 rings (SSSR count). The second kappa shape index (κ2) is 8.60. The van der Waals surface area contributed by atoms with Gasteiger partial charge in [0.25, 0.3) is 0 Å². The van der Waals surface area contributed by atoms with Gasteiger partial charge in [0.1, 0.15) is 22.9 Å². The van der Waals surface area contributed by atoms with Crippen molar-refractivity contribution in [2.75, 3.05) is 0 Å². The highest BCUT2D eigenvalue weighted by atomic mass is 35.5. The highest BCUT2D eigenvalue weighted by Crippen LogP contribution is 2.34. The molecule has 0 aliphatic heterocycles. The van der Waals surface area contributed by atoms with Crippen molar-refractivity contribution in [2.24, 2.45) is 0 Å². The van der Waals surface area contributed by atoms with Crippen LogP contribution in [0.1, 0.15) is 39.2 Å². The first-order valence-electron chi connectivity index (χ1n) is 8.99. The molecule has 1 aliphatic rings. The molecule has 2 N–H and O–H groups in total. The van der Waals surface area contributed by atoms with Crippen LogP contribution in [0, 0.1) is 11.3 Å². The third kappa shape index (κ3) is 7.30. The Morgan fingerprint density at radius 2 is 1.93 bits per heavy atom. The molecule has 164 valence electrons. The topological polar surface area (TPSA) is 100 Å². The van der Waals surface area contributed by atoms with Gasteiger partial charge >= 0.3 is 12.5 Å². The maximum atomic E-state index is 12.7. The number of ether oxygens (including phenoxy) is 2. The third-order valence-electron chi connectivity index (χ3n) is 4.00. The van der Waals surface area contributed by atoms with E-state index in [0.717, 1.165) is 6.07 Å². The van der Waals surface area contributed by atoms with Crippen molar-refractivity contribution in [2.45, 2.75) is 63.6 Å². The number of benzene rings is 1. The van der Waals surface area contributed by atoms with Crippen LogP contribution < -0.4 is 15.4 Å². The van der Waals surface area contributed by atoms with Gasteiger partial charge < -0.3 is 20.1 Å². The number of alkyl halides is 3. The monoisotopic (exact) mass is 447 g/mol. The number of nitriles is 1. The molecule has 1 saturated carbocycles. The standard InChI is InChI=1S/C19H21ClF3N3O4/c1-17(2,3)30-16(28)25-13(15(27)26-18(10-24)6-7-18)9-11-4-5-14(12(20)8-11)29-19(21,22)23/h4-5,8,13H,6-7,9H2,1-3H3,(H,25,28)(H,26,27). The molecule has 30 heavy (non-hydrogen) atoms. The Morgan fingerprint density at radius 1 is 1.30 bits per heavy atom. The Balaban J connectivity index is 2.17. The number of amides is 2. The van der Waals surface area contributed by atoms with Gasteiger partial charge in [-0.2, -0.15) is 5.26 Å². The third-order valence-corrected chi connectivity index (χ3v) is 4.29. The molecule has 1 aromatic rings. The highest BCUT2D eigenvalue weighted by Gasteiger charge is 2.45. The second-order valence-electron chi connectivity index (χ2n) is 7.90. The van der Waals surface area contributed by atoms with E-state index in [2.05, 4.69) is 15.4 Å². The number of hydrogen-bond acceptors (Lipinski definition) is 5. The van der Waals surface area contributed by atoms with Gasteiger partial charge in [0.2, 0.25) is 5.91 Å². The van der Waals surface area contributed by atoms with Gasteiger partial charge in [-0.25, -0.2) is 4.79 Å². The normalized spacial score (nSPS) is 16.1. The fraction of sp³-hybridized carbons (Fsp3) is 0.526. The number of carbonyl (C=O) groups is 2. The number of alkyl carbamates (subject to hydrolysis) is 1. The average Bonchev–Trinajstić information content (AvgIpc) is 3.34. The second-order valence-corrected chi connectivity index (χ2v) is 8.31. The van der Waals surface area contributed by atoms with Gasteiger partial charge in [-0.15, -0.1) is 13.2 Å². The summed E-state index contributed by atoms with van der Waals surface area (Å²) in [6, 6.07) is 4.39. The number of rotatable bonds is 6. The van der Waals surface area contributed by atoms with Gasteiger partial charge in [0, 0.05) is 6.42 Å². The minimum absolute atomic E-state index is 0.0986. The minimum atomic E-state index is -4.90. The van der Waals surface area contributed by atoms with Crippen molar-refractivity contribution >= 4 is 23.6 Å². The minimum Gasteiger partial charge on any atom is -0.444 e. The van der Waals surface area contributed by atoms with Crippen molar-refractivity contribution in [1.29, 1.82) is 5.26 Å². The number of nitrogens with one attached hydrogen (secondary N) is 2. The molecule has 0 radical (unpaired) electrons. The first kappa shape index (κ1) is 23.6. The van der Waals surface area contributed by atoms with Crippen LogP contribution in [0.4, 0.5) is 18.0 Å². The van der Waals surface area contributed by atoms with Crippen LogP contribution in [0.15, 0.2) is 18.2 Å². The van der Waals surface area contributed by atoms with Crippen LogP contribution in [-0.4, -0.2) is 35.5 Å². The number of carbonyl (C=O) groups excluding carboxylic acids is 2. The first-order chi connectivity index (χ1) is 13.7. The molecule has 1 aromatic carbocycles. The summed E-state index contributed by atoms with van der Waals surface area (Å²) in [4.78, 5) is 24.8. The van der Waals surface area contributed by atoms with Crippen molar-refractivity contribution in [3.63, 3.8) is 0 Å². The van der Waals surface area contributed by atoms with E-state index in [9.17, 15) is 28.0 Å². The lowest BCUT2D eigenvalue weighted by Gasteiger charge is -2.24. The molecule has 0 spiro atoms. The lowest BCUT2D eigenvalue weighted by atomic mass is 10.0. The molecule has 0 heterocycles. The lowest BCUT2D eigenvalue weighted by Crippen LogP contribution is -2.52. The number of hydrogen-bond donors (Lipinski definition) is 2. The summed E-state index contributed by atoms with van der Waals surface area (Å²) in [5.74, 6) is -1.21. The predicted molar refractivity (Wildman–Crippen MR) is 101 cm³/mol. The molecule has 2 amide bonds. The molecule has 1 unspecified atom stereocenters. The summed E-state index contributed by atoms with van der Waals surface area (Å²) >= 11 is 5.85. The maximum absolute atomic E-state index is 12.7. The first-order valence-corrected chi connectivity index (χ1v) is 9.37. The molecular formula is C19H21ClF3N3O4. The maximum Gasteiger partial charge on any atom is 0.573 e. The predicted octanol–water partition coefficient (Wildman–Crippen LogP) is 3.85. The molecule has 1 aliphatic carbocycles. The molecule has 0 aromatic heterocycles. The van der Waals surface area contributed by atoms with E-state index in [-0.39, 0.29) is 11.4 Å². The SMILES string of the molecule is CC(C)(C)OC(=O)NC(Cc1ccc(OC(F)(F)F)c(Cl)c1)C(=O)NC1(C#N)CC1. The van der Waals surface area contributed by atoms with Gasteiger partial charge in [0.05, 0.1) is 11.1 Å². The van der Waals surface area contributed by atoms with Crippen LogP contribution in [-0.2, 0) is 16.0 Å². The van der Waals surface area contributed by atoms with E-state index in [1.165, 1.54) is 12.1 Å². The van der Waals surface area contributed by atoms with Crippen LogP contribution in [0.2, 0.25) is 5.02 Å². The van der Waals surface area contributed by atoms with E-state index in [4.69, 9.17) is 16.3 Å². The molecular weight excluding hydrogens is 427 g/mol. The largest absolute Gasteiger partial charge is 0.573 e. The summed E-state index contributed by atoms with van der Waals surface area (Å²) in [6.45, 7) is 4.95. The average molecular weight is 448 g/mol. The Labute approximate surface area is 176 Å². The Bertz CT molecular complexity index is 858. The van der Waals surface area contributed by atoms with Crippen LogP contribution >= 0.6 is 11.6 Å². The zero-order valence-electron chi connectivity index (χ0n) is 16.5. The van der Waals surface area contributed by atoms with Crippen molar-refractivity contribution in [3.05, 3.63) is 28.8 Å². The summed E-state index contributed by atoms with van der Waals surface area (Å²) in [5.41, 5.74) is -1.41. The van der Waals surface area contributed by atoms with E-state index in [1.54, 1.807) is 20.8 Å². The molecule has 0 saturated heterocycles. The van der Waals surface area contributed by atoms with E-state index in [0.29, 0.717) is 18.4 Å². The quantitative estimate of drug-likeness (QED) is 0.690. The molecule has 11 heteroatoms. The van der Waals surface area contributed by atoms with E-state index in [1.807, 2.05) is 6.07 Å². The molecule has 1 atom stereocenters. The lowest BCUT2D eigenvalue weighted by molar-refractivity contribution is -0.274. The fourth-order valence-corrected chi connectivity index (χ4v) is 2.73. The Hall–Kier alpha value is -2.67. The Morgan fingerprint density at radius 3 is 2.40 bits per heavy atom. The smallest absolute Gasteiger partial charge is 0.444 e. The zero-order valence-corrected chi connectivity index (χ0v) is 17.3. The van der Waals surface area contributed by atoms with Crippen LogP contribution in [0.3, 0.4) is 0 Å². The summed E-state index contributed by atoms with van der Waals surface area (Å²) in [7, 11) is 0. The van der Waals surface area contributed by atoms with E-state index >= 15 is 0 Å². The molecule has 1 fully saturated rings. The van der Waals surface area contributed by atoms with Gasteiger partial charge in [-0.1, -0.05) is 17.7 Å². The summed E-state index contributed by atoms with van der Waals surface area (Å²) in [5, 5.41) is 13.9. The van der Waals surface area contributed by atoms with Gasteiger partial charge in [-0.3, -0.25) is 4.79 Å². The van der Waals surface area contributed by atoms with Gasteiger partial charge in [0.15, 0.2) is 0 Å². The zero-order chi connectivity index (χ0) is 22.7. The summed E-state index contributed by atoms with van der Waals surface area (Å²) < 4.78 is 46.1. The fourth-order valence-electron chi connectivity index (χ4n) is 2.49.